The summed E-state index contributed by atoms with van der Waals surface area (Å²) < 4.78 is 5.37. The van der Waals surface area contributed by atoms with Crippen LogP contribution in [-0.2, 0) is 6.42 Å². The van der Waals surface area contributed by atoms with Gasteiger partial charge in [0.15, 0.2) is 17.3 Å². The molecule has 5 heteroatoms. The van der Waals surface area contributed by atoms with E-state index in [0.29, 0.717) is 24.0 Å². The summed E-state index contributed by atoms with van der Waals surface area (Å²) in [6, 6.07) is 5.05. The second-order valence-electron chi connectivity index (χ2n) is 4.47. The fourth-order valence-corrected chi connectivity index (χ4v) is 1.98. The molecule has 0 amide bonds. The van der Waals surface area contributed by atoms with Gasteiger partial charge in [-0.05, 0) is 38.5 Å². The molecule has 0 bridgehead atoms. The Bertz CT molecular complexity index is 627. The summed E-state index contributed by atoms with van der Waals surface area (Å²) in [5, 5.41) is 9.72. The van der Waals surface area contributed by atoms with Crippen LogP contribution in [0.15, 0.2) is 18.2 Å². The van der Waals surface area contributed by atoms with Crippen molar-refractivity contribution in [2.24, 2.45) is 0 Å². The standard InChI is InChI=1S/C15H19N3O2/c1-4-11-9(3)14(16)18-15(17-11)10-6-7-12(19)13(8-10)20-5-2/h6-8,19H,4-5H2,1-3H3,(H2,16,17,18). The fourth-order valence-electron chi connectivity index (χ4n) is 1.98. The molecule has 0 radical (unpaired) electrons. The van der Waals surface area contributed by atoms with Crippen molar-refractivity contribution in [3.63, 3.8) is 0 Å². The summed E-state index contributed by atoms with van der Waals surface area (Å²) in [5.74, 6) is 1.56. The third kappa shape index (κ3) is 2.66. The van der Waals surface area contributed by atoms with Crippen molar-refractivity contribution in [3.8, 4) is 22.9 Å². The molecule has 106 valence electrons. The van der Waals surface area contributed by atoms with Crippen molar-refractivity contribution < 1.29 is 9.84 Å². The molecule has 0 unspecified atom stereocenters. The van der Waals surface area contributed by atoms with Crippen molar-refractivity contribution in [2.75, 3.05) is 12.3 Å². The lowest BCUT2D eigenvalue weighted by atomic mass is 10.1. The Morgan fingerprint density at radius 2 is 2.00 bits per heavy atom. The topological polar surface area (TPSA) is 81.3 Å². The molecule has 0 fully saturated rings. The van der Waals surface area contributed by atoms with E-state index in [4.69, 9.17) is 10.5 Å². The van der Waals surface area contributed by atoms with E-state index in [1.165, 1.54) is 0 Å². The van der Waals surface area contributed by atoms with E-state index in [-0.39, 0.29) is 5.75 Å². The molecule has 1 aromatic carbocycles. The summed E-state index contributed by atoms with van der Waals surface area (Å²) in [6.07, 6.45) is 0.794. The minimum atomic E-state index is 0.103. The van der Waals surface area contributed by atoms with Crippen LogP contribution in [0.3, 0.4) is 0 Å². The highest BCUT2D eigenvalue weighted by atomic mass is 16.5. The molecule has 2 rings (SSSR count). The monoisotopic (exact) mass is 273 g/mol. The van der Waals surface area contributed by atoms with Crippen LogP contribution in [0.2, 0.25) is 0 Å². The van der Waals surface area contributed by atoms with Crippen molar-refractivity contribution in [2.45, 2.75) is 27.2 Å². The highest BCUT2D eigenvalue weighted by molar-refractivity contribution is 5.63. The zero-order valence-corrected chi connectivity index (χ0v) is 12.0. The number of rotatable bonds is 4. The van der Waals surface area contributed by atoms with Crippen LogP contribution in [0.25, 0.3) is 11.4 Å². The number of nitrogen functional groups attached to an aromatic ring is 1. The van der Waals surface area contributed by atoms with Crippen LogP contribution >= 0.6 is 0 Å². The molecule has 0 aliphatic heterocycles. The normalized spacial score (nSPS) is 10.6. The highest BCUT2D eigenvalue weighted by Gasteiger charge is 2.11. The van der Waals surface area contributed by atoms with Gasteiger partial charge in [0.05, 0.1) is 6.61 Å². The Morgan fingerprint density at radius 3 is 2.65 bits per heavy atom. The van der Waals surface area contributed by atoms with Crippen LogP contribution in [-0.4, -0.2) is 21.7 Å². The second-order valence-corrected chi connectivity index (χ2v) is 4.47. The molecule has 3 N–H and O–H groups in total. The zero-order valence-electron chi connectivity index (χ0n) is 12.0. The highest BCUT2D eigenvalue weighted by Crippen LogP contribution is 2.31. The van der Waals surface area contributed by atoms with Gasteiger partial charge in [0.25, 0.3) is 0 Å². The van der Waals surface area contributed by atoms with Crippen molar-refractivity contribution in [3.05, 3.63) is 29.5 Å². The van der Waals surface area contributed by atoms with Crippen molar-refractivity contribution >= 4 is 5.82 Å². The molecule has 0 saturated heterocycles. The van der Waals surface area contributed by atoms with E-state index in [1.807, 2.05) is 20.8 Å². The summed E-state index contributed by atoms with van der Waals surface area (Å²) in [7, 11) is 0. The Balaban J connectivity index is 2.51. The van der Waals surface area contributed by atoms with Gasteiger partial charge in [-0.1, -0.05) is 6.92 Å². The third-order valence-corrected chi connectivity index (χ3v) is 3.14. The van der Waals surface area contributed by atoms with E-state index in [2.05, 4.69) is 9.97 Å². The Hall–Kier alpha value is -2.30. The van der Waals surface area contributed by atoms with Crippen molar-refractivity contribution in [1.82, 2.24) is 9.97 Å². The molecule has 20 heavy (non-hydrogen) atoms. The maximum absolute atomic E-state index is 9.72. The minimum Gasteiger partial charge on any atom is -0.504 e. The minimum absolute atomic E-state index is 0.103. The predicted molar refractivity (Wildman–Crippen MR) is 78.8 cm³/mol. The van der Waals surface area contributed by atoms with Gasteiger partial charge in [0, 0.05) is 16.8 Å². The van der Waals surface area contributed by atoms with E-state index in [0.717, 1.165) is 23.2 Å². The Labute approximate surface area is 118 Å². The molecule has 1 heterocycles. The average Bonchev–Trinajstić information content (AvgIpc) is 2.44. The first kappa shape index (κ1) is 14.1. The number of aromatic hydroxyl groups is 1. The van der Waals surface area contributed by atoms with Crippen LogP contribution in [0.4, 0.5) is 5.82 Å². The van der Waals surface area contributed by atoms with Gasteiger partial charge in [-0.25, -0.2) is 9.97 Å². The van der Waals surface area contributed by atoms with Gasteiger partial charge in [0.2, 0.25) is 0 Å². The largest absolute Gasteiger partial charge is 0.504 e. The maximum Gasteiger partial charge on any atom is 0.161 e. The van der Waals surface area contributed by atoms with Gasteiger partial charge >= 0.3 is 0 Å². The molecule has 1 aromatic heterocycles. The Morgan fingerprint density at radius 1 is 1.25 bits per heavy atom. The number of nitrogens with two attached hydrogens (primary N) is 1. The molecule has 0 aliphatic rings. The number of aryl methyl sites for hydroxylation is 1. The summed E-state index contributed by atoms with van der Waals surface area (Å²) in [5.41, 5.74) is 8.55. The first-order valence-electron chi connectivity index (χ1n) is 6.66. The van der Waals surface area contributed by atoms with E-state index in [1.54, 1.807) is 18.2 Å². The van der Waals surface area contributed by atoms with Gasteiger partial charge < -0.3 is 15.6 Å². The number of ether oxygens (including phenoxy) is 1. The molecule has 0 atom stereocenters. The molecular weight excluding hydrogens is 254 g/mol. The van der Waals surface area contributed by atoms with Crippen LogP contribution in [0, 0.1) is 6.92 Å². The number of nitrogens with zero attached hydrogens (tertiary/aromatic N) is 2. The first-order chi connectivity index (χ1) is 9.56. The van der Waals surface area contributed by atoms with Crippen LogP contribution in [0.1, 0.15) is 25.1 Å². The summed E-state index contributed by atoms with van der Waals surface area (Å²) in [4.78, 5) is 8.84. The van der Waals surface area contributed by atoms with E-state index in [9.17, 15) is 5.11 Å². The number of phenols is 1. The lowest BCUT2D eigenvalue weighted by Crippen LogP contribution is -2.04. The fraction of sp³-hybridized carbons (Fsp3) is 0.333. The smallest absolute Gasteiger partial charge is 0.161 e. The quantitative estimate of drug-likeness (QED) is 0.895. The van der Waals surface area contributed by atoms with Crippen LogP contribution in [0.5, 0.6) is 11.5 Å². The first-order valence-corrected chi connectivity index (χ1v) is 6.66. The summed E-state index contributed by atoms with van der Waals surface area (Å²) >= 11 is 0. The number of aromatic nitrogens is 2. The molecular formula is C15H19N3O2. The van der Waals surface area contributed by atoms with Crippen molar-refractivity contribution in [1.29, 1.82) is 0 Å². The van der Waals surface area contributed by atoms with E-state index >= 15 is 0 Å². The molecule has 0 saturated carbocycles. The number of hydrogen-bond donors (Lipinski definition) is 2. The number of phenolic OH excluding ortho intramolecular Hbond substituents is 1. The second kappa shape index (κ2) is 5.77. The number of anilines is 1. The van der Waals surface area contributed by atoms with E-state index < -0.39 is 0 Å². The number of hydrogen-bond acceptors (Lipinski definition) is 5. The Kier molecular flexibility index (Phi) is 4.08. The molecule has 5 nitrogen and oxygen atoms in total. The third-order valence-electron chi connectivity index (χ3n) is 3.14. The predicted octanol–water partition coefficient (Wildman–Crippen LogP) is 2.70. The van der Waals surface area contributed by atoms with Gasteiger partial charge in [0.1, 0.15) is 5.82 Å². The van der Waals surface area contributed by atoms with Gasteiger partial charge in [-0.2, -0.15) is 0 Å². The molecule has 0 aliphatic carbocycles. The van der Waals surface area contributed by atoms with Gasteiger partial charge in [-0.15, -0.1) is 0 Å². The molecule has 0 spiro atoms. The van der Waals surface area contributed by atoms with Gasteiger partial charge in [-0.3, -0.25) is 0 Å². The summed E-state index contributed by atoms with van der Waals surface area (Å²) in [6.45, 7) is 6.29. The molecule has 2 aromatic rings. The van der Waals surface area contributed by atoms with Crippen LogP contribution < -0.4 is 10.5 Å². The lowest BCUT2D eigenvalue weighted by Gasteiger charge is -2.11. The maximum atomic E-state index is 9.72. The zero-order chi connectivity index (χ0) is 14.7. The SMILES string of the molecule is CCOc1cc(-c2nc(N)c(C)c(CC)n2)ccc1O. The average molecular weight is 273 g/mol. The number of benzene rings is 1. The lowest BCUT2D eigenvalue weighted by molar-refractivity contribution is 0.318.